The highest BCUT2D eigenvalue weighted by Gasteiger charge is 2.17. The van der Waals surface area contributed by atoms with Crippen LogP contribution in [-0.2, 0) is 16.6 Å². The lowest BCUT2D eigenvalue weighted by Crippen LogP contribution is -2.30. The first-order valence-corrected chi connectivity index (χ1v) is 5.80. The molecule has 0 fully saturated rings. The minimum atomic E-state index is -0.176. The Bertz CT molecular complexity index is 364. The molecule has 0 saturated carbocycles. The molecule has 0 spiro atoms. The average molecular weight is 240 g/mol. The second-order valence-corrected chi connectivity index (χ2v) is 4.08. The lowest BCUT2D eigenvalue weighted by molar-refractivity contribution is -0.147. The van der Waals surface area contributed by atoms with E-state index in [2.05, 4.69) is 15.5 Å². The van der Waals surface area contributed by atoms with Gasteiger partial charge in [-0.25, -0.2) is 0 Å². The molecule has 0 aliphatic carbocycles. The molecule has 6 heteroatoms. The molecule has 1 heterocycles. The minimum Gasteiger partial charge on any atom is -0.466 e. The van der Waals surface area contributed by atoms with Crippen molar-refractivity contribution < 1.29 is 9.53 Å². The minimum absolute atomic E-state index is 0.0550. The van der Waals surface area contributed by atoms with Crippen molar-refractivity contribution in [1.29, 1.82) is 0 Å². The van der Waals surface area contributed by atoms with E-state index in [-0.39, 0.29) is 17.9 Å². The lowest BCUT2D eigenvalue weighted by atomic mass is 10.1. The zero-order chi connectivity index (χ0) is 12.8. The number of hydrogen-bond acceptors (Lipinski definition) is 5. The molecule has 1 aromatic rings. The van der Waals surface area contributed by atoms with Gasteiger partial charge >= 0.3 is 5.97 Å². The van der Waals surface area contributed by atoms with E-state index >= 15 is 0 Å². The quantitative estimate of drug-likeness (QED) is 0.740. The smallest absolute Gasteiger partial charge is 0.309 e. The molecule has 96 valence electrons. The van der Waals surface area contributed by atoms with E-state index in [1.807, 2.05) is 25.5 Å². The SMILES string of the molecule is CCOC(=O)C(C)CNC(C)c1nncn1C. The van der Waals surface area contributed by atoms with E-state index in [1.165, 1.54) is 0 Å². The Balaban J connectivity index is 2.41. The summed E-state index contributed by atoms with van der Waals surface area (Å²) in [5, 5.41) is 11.1. The first kappa shape index (κ1) is 13.6. The predicted molar refractivity (Wildman–Crippen MR) is 63.2 cm³/mol. The Morgan fingerprint density at radius 2 is 2.29 bits per heavy atom. The van der Waals surface area contributed by atoms with Gasteiger partial charge in [-0.1, -0.05) is 6.92 Å². The van der Waals surface area contributed by atoms with Gasteiger partial charge in [0.25, 0.3) is 0 Å². The largest absolute Gasteiger partial charge is 0.466 e. The molecule has 0 aliphatic rings. The summed E-state index contributed by atoms with van der Waals surface area (Å²) in [7, 11) is 1.89. The highest BCUT2D eigenvalue weighted by atomic mass is 16.5. The molecule has 1 N–H and O–H groups in total. The Kier molecular flexibility index (Phi) is 5.09. The fourth-order valence-electron chi connectivity index (χ4n) is 1.50. The molecule has 17 heavy (non-hydrogen) atoms. The Morgan fingerprint density at radius 3 is 2.82 bits per heavy atom. The number of carbonyl (C=O) groups excluding carboxylic acids is 1. The number of nitrogens with one attached hydrogen (secondary N) is 1. The summed E-state index contributed by atoms with van der Waals surface area (Å²) in [6, 6.07) is 0.0550. The molecule has 0 saturated heterocycles. The molecule has 0 radical (unpaired) electrons. The van der Waals surface area contributed by atoms with Crippen LogP contribution in [0.2, 0.25) is 0 Å². The van der Waals surface area contributed by atoms with Gasteiger partial charge in [0.05, 0.1) is 18.6 Å². The van der Waals surface area contributed by atoms with E-state index < -0.39 is 0 Å². The third-order valence-corrected chi connectivity index (χ3v) is 2.55. The molecule has 0 amide bonds. The van der Waals surface area contributed by atoms with Crippen molar-refractivity contribution in [3.8, 4) is 0 Å². The van der Waals surface area contributed by atoms with Gasteiger partial charge in [0.1, 0.15) is 12.2 Å². The molecule has 1 rings (SSSR count). The topological polar surface area (TPSA) is 69.0 Å². The molecule has 0 aromatic carbocycles. The fourth-order valence-corrected chi connectivity index (χ4v) is 1.50. The zero-order valence-corrected chi connectivity index (χ0v) is 10.8. The number of aryl methyl sites for hydroxylation is 1. The van der Waals surface area contributed by atoms with Crippen molar-refractivity contribution in [3.63, 3.8) is 0 Å². The fraction of sp³-hybridized carbons (Fsp3) is 0.727. The number of carbonyl (C=O) groups is 1. The number of ether oxygens (including phenoxy) is 1. The van der Waals surface area contributed by atoms with Crippen molar-refractivity contribution in [2.45, 2.75) is 26.8 Å². The highest BCUT2D eigenvalue weighted by molar-refractivity contribution is 5.72. The van der Waals surface area contributed by atoms with E-state index in [1.54, 1.807) is 13.3 Å². The number of hydrogen-bond donors (Lipinski definition) is 1. The normalized spacial score (nSPS) is 14.4. The highest BCUT2D eigenvalue weighted by Crippen LogP contribution is 2.08. The van der Waals surface area contributed by atoms with Crippen LogP contribution in [0.3, 0.4) is 0 Å². The van der Waals surface area contributed by atoms with Crippen LogP contribution >= 0.6 is 0 Å². The van der Waals surface area contributed by atoms with Crippen LogP contribution in [0.1, 0.15) is 32.6 Å². The van der Waals surface area contributed by atoms with Crippen LogP contribution in [0, 0.1) is 5.92 Å². The summed E-state index contributed by atoms with van der Waals surface area (Å²) < 4.78 is 6.79. The van der Waals surface area contributed by atoms with Crippen LogP contribution in [-0.4, -0.2) is 33.9 Å². The van der Waals surface area contributed by atoms with E-state index in [0.29, 0.717) is 13.2 Å². The molecule has 2 unspecified atom stereocenters. The third kappa shape index (κ3) is 3.81. The van der Waals surface area contributed by atoms with Crippen LogP contribution < -0.4 is 5.32 Å². The summed E-state index contributed by atoms with van der Waals surface area (Å²) in [6.45, 7) is 6.62. The van der Waals surface area contributed by atoms with Gasteiger partial charge in [-0.2, -0.15) is 0 Å². The maximum atomic E-state index is 11.4. The van der Waals surface area contributed by atoms with Crippen LogP contribution in [0.5, 0.6) is 0 Å². The van der Waals surface area contributed by atoms with Gasteiger partial charge in [-0.05, 0) is 13.8 Å². The molecule has 0 bridgehead atoms. The van der Waals surface area contributed by atoms with Crippen molar-refractivity contribution in [2.24, 2.45) is 13.0 Å². The van der Waals surface area contributed by atoms with Crippen molar-refractivity contribution in [3.05, 3.63) is 12.2 Å². The summed E-state index contributed by atoms with van der Waals surface area (Å²) in [4.78, 5) is 11.4. The molecule has 0 aliphatic heterocycles. The number of aromatic nitrogens is 3. The maximum absolute atomic E-state index is 11.4. The number of esters is 1. The van der Waals surface area contributed by atoms with Gasteiger partial charge in [0.2, 0.25) is 0 Å². The van der Waals surface area contributed by atoms with Gasteiger partial charge in [-0.15, -0.1) is 10.2 Å². The molecule has 1 aromatic heterocycles. The van der Waals surface area contributed by atoms with Gasteiger partial charge in [0, 0.05) is 13.6 Å². The van der Waals surface area contributed by atoms with Crippen molar-refractivity contribution in [2.75, 3.05) is 13.2 Å². The second kappa shape index (κ2) is 6.34. The van der Waals surface area contributed by atoms with Crippen LogP contribution in [0.15, 0.2) is 6.33 Å². The number of rotatable bonds is 6. The summed E-state index contributed by atoms with van der Waals surface area (Å²) in [5.74, 6) is 0.511. The first-order chi connectivity index (χ1) is 8.06. The number of nitrogens with zero attached hydrogens (tertiary/aromatic N) is 3. The van der Waals surface area contributed by atoms with Crippen molar-refractivity contribution in [1.82, 2.24) is 20.1 Å². The lowest BCUT2D eigenvalue weighted by Gasteiger charge is -2.16. The standard InChI is InChI=1S/C11H20N4O2/c1-5-17-11(16)8(2)6-12-9(3)10-14-13-7-15(10)4/h7-9,12H,5-6H2,1-4H3. The summed E-state index contributed by atoms with van der Waals surface area (Å²) in [5.41, 5.74) is 0. The van der Waals surface area contributed by atoms with Crippen molar-refractivity contribution >= 4 is 5.97 Å². The van der Waals surface area contributed by atoms with Crippen LogP contribution in [0.25, 0.3) is 0 Å². The zero-order valence-electron chi connectivity index (χ0n) is 10.8. The monoisotopic (exact) mass is 240 g/mol. The molecule has 6 nitrogen and oxygen atoms in total. The van der Waals surface area contributed by atoms with Gasteiger partial charge < -0.3 is 14.6 Å². The first-order valence-electron chi connectivity index (χ1n) is 5.80. The summed E-state index contributed by atoms with van der Waals surface area (Å²) in [6.07, 6.45) is 1.66. The van der Waals surface area contributed by atoms with Gasteiger partial charge in [-0.3, -0.25) is 4.79 Å². The predicted octanol–water partition coefficient (Wildman–Crippen LogP) is 0.665. The Morgan fingerprint density at radius 1 is 1.59 bits per heavy atom. The Hall–Kier alpha value is -1.43. The van der Waals surface area contributed by atoms with Gasteiger partial charge in [0.15, 0.2) is 0 Å². The molecular formula is C11H20N4O2. The average Bonchev–Trinajstić information content (AvgIpc) is 2.72. The molecule has 2 atom stereocenters. The van der Waals surface area contributed by atoms with Crippen LogP contribution in [0.4, 0.5) is 0 Å². The molecular weight excluding hydrogens is 220 g/mol. The third-order valence-electron chi connectivity index (χ3n) is 2.55. The van der Waals surface area contributed by atoms with E-state index in [9.17, 15) is 4.79 Å². The Labute approximate surface area is 101 Å². The van der Waals surface area contributed by atoms with E-state index in [4.69, 9.17) is 4.74 Å². The summed E-state index contributed by atoms with van der Waals surface area (Å²) >= 11 is 0. The second-order valence-electron chi connectivity index (χ2n) is 4.08. The van der Waals surface area contributed by atoms with E-state index in [0.717, 1.165) is 5.82 Å². The maximum Gasteiger partial charge on any atom is 0.309 e.